The van der Waals surface area contributed by atoms with E-state index in [1.165, 1.54) is 25.7 Å². The Hall–Kier alpha value is -1.97. The lowest BCUT2D eigenvalue weighted by molar-refractivity contribution is 0.101. The number of carbonyl (C=O) groups is 1. The van der Waals surface area contributed by atoms with E-state index >= 15 is 0 Å². The molecule has 0 saturated heterocycles. The molecule has 0 aliphatic heterocycles. The maximum Gasteiger partial charge on any atom is 0.178 e. The first kappa shape index (κ1) is 12.1. The molecule has 2 aromatic heterocycles. The first-order valence-electron chi connectivity index (χ1n) is 6.77. The SMILES string of the molecule is CC(=O)c1cc2cccnc2c(NC2CCCC2)n1. The van der Waals surface area contributed by atoms with E-state index in [4.69, 9.17) is 0 Å². The van der Waals surface area contributed by atoms with Crippen LogP contribution >= 0.6 is 0 Å². The van der Waals surface area contributed by atoms with Gasteiger partial charge in [-0.3, -0.25) is 9.78 Å². The highest BCUT2D eigenvalue weighted by Gasteiger charge is 2.17. The number of nitrogens with zero attached hydrogens (tertiary/aromatic N) is 2. The van der Waals surface area contributed by atoms with Crippen LogP contribution < -0.4 is 5.32 Å². The largest absolute Gasteiger partial charge is 0.366 e. The van der Waals surface area contributed by atoms with Gasteiger partial charge in [-0.05, 0) is 25.0 Å². The predicted molar refractivity (Wildman–Crippen MR) is 75.4 cm³/mol. The maximum absolute atomic E-state index is 11.6. The fourth-order valence-corrected chi connectivity index (χ4v) is 2.63. The molecule has 4 nitrogen and oxygen atoms in total. The van der Waals surface area contributed by atoms with Crippen LogP contribution in [0.15, 0.2) is 24.4 Å². The van der Waals surface area contributed by atoms with Gasteiger partial charge in [-0.2, -0.15) is 0 Å². The molecule has 2 aromatic rings. The standard InChI is InChI=1S/C15H17N3O/c1-10(19)13-9-11-5-4-8-16-14(11)15(18-13)17-12-6-2-3-7-12/h4-5,8-9,12H,2-3,6-7H2,1H3,(H,17,18). The van der Waals surface area contributed by atoms with Crippen molar-refractivity contribution >= 4 is 22.5 Å². The van der Waals surface area contributed by atoms with Gasteiger partial charge in [-0.15, -0.1) is 0 Å². The molecule has 2 heterocycles. The smallest absolute Gasteiger partial charge is 0.178 e. The normalized spacial score (nSPS) is 15.8. The third kappa shape index (κ3) is 2.43. The molecule has 1 aliphatic rings. The lowest BCUT2D eigenvalue weighted by Crippen LogP contribution is -2.17. The third-order valence-corrected chi connectivity index (χ3v) is 3.64. The maximum atomic E-state index is 11.6. The van der Waals surface area contributed by atoms with Crippen molar-refractivity contribution in [2.45, 2.75) is 38.6 Å². The van der Waals surface area contributed by atoms with Crippen molar-refractivity contribution in [2.75, 3.05) is 5.32 Å². The molecule has 0 spiro atoms. The first-order valence-corrected chi connectivity index (χ1v) is 6.77. The molecule has 3 rings (SSSR count). The Kier molecular flexibility index (Phi) is 3.15. The van der Waals surface area contributed by atoms with Crippen LogP contribution in [0.3, 0.4) is 0 Å². The molecular weight excluding hydrogens is 238 g/mol. The van der Waals surface area contributed by atoms with Crippen molar-refractivity contribution in [2.24, 2.45) is 0 Å². The highest BCUT2D eigenvalue weighted by Crippen LogP contribution is 2.26. The first-order chi connectivity index (χ1) is 9.24. The molecule has 4 heteroatoms. The van der Waals surface area contributed by atoms with E-state index in [1.807, 2.05) is 18.2 Å². The molecule has 1 saturated carbocycles. The number of carbonyl (C=O) groups excluding carboxylic acids is 1. The van der Waals surface area contributed by atoms with Gasteiger partial charge < -0.3 is 5.32 Å². The Morgan fingerprint density at radius 1 is 1.37 bits per heavy atom. The molecule has 1 aliphatic carbocycles. The predicted octanol–water partition coefficient (Wildman–Crippen LogP) is 3.19. The third-order valence-electron chi connectivity index (χ3n) is 3.64. The van der Waals surface area contributed by atoms with Gasteiger partial charge in [0.25, 0.3) is 0 Å². The molecule has 1 N–H and O–H groups in total. The average molecular weight is 255 g/mol. The second-order valence-electron chi connectivity index (χ2n) is 5.11. The van der Waals surface area contributed by atoms with Crippen LogP contribution in [0.25, 0.3) is 10.9 Å². The van der Waals surface area contributed by atoms with Crippen molar-refractivity contribution in [3.8, 4) is 0 Å². The number of hydrogen-bond acceptors (Lipinski definition) is 4. The number of fused-ring (bicyclic) bond motifs is 1. The van der Waals surface area contributed by atoms with E-state index in [1.54, 1.807) is 13.1 Å². The number of Topliss-reactive ketones (excluding diaryl/α,β-unsaturated/α-hetero) is 1. The molecule has 1 fully saturated rings. The van der Waals surface area contributed by atoms with Gasteiger partial charge in [-0.25, -0.2) is 4.98 Å². The highest BCUT2D eigenvalue weighted by molar-refractivity contribution is 5.98. The van der Waals surface area contributed by atoms with E-state index in [2.05, 4.69) is 15.3 Å². The molecule has 0 atom stereocenters. The summed E-state index contributed by atoms with van der Waals surface area (Å²) in [4.78, 5) is 20.4. The fraction of sp³-hybridized carbons (Fsp3) is 0.400. The van der Waals surface area contributed by atoms with Gasteiger partial charge in [0.1, 0.15) is 11.2 Å². The van der Waals surface area contributed by atoms with Crippen molar-refractivity contribution in [1.82, 2.24) is 9.97 Å². The van der Waals surface area contributed by atoms with Crippen LogP contribution in [0.1, 0.15) is 43.1 Å². The minimum absolute atomic E-state index is 0.0137. The average Bonchev–Trinajstić information content (AvgIpc) is 2.91. The molecule has 0 aromatic carbocycles. The molecule has 0 radical (unpaired) electrons. The van der Waals surface area contributed by atoms with Gasteiger partial charge in [-0.1, -0.05) is 18.9 Å². The zero-order chi connectivity index (χ0) is 13.2. The topological polar surface area (TPSA) is 54.9 Å². The van der Waals surface area contributed by atoms with Crippen LogP contribution in [0.5, 0.6) is 0 Å². The number of hydrogen-bond donors (Lipinski definition) is 1. The summed E-state index contributed by atoms with van der Waals surface area (Å²) in [5.41, 5.74) is 1.35. The second kappa shape index (κ2) is 4.96. The summed E-state index contributed by atoms with van der Waals surface area (Å²) in [5, 5.41) is 4.41. The quantitative estimate of drug-likeness (QED) is 0.856. The van der Waals surface area contributed by atoms with E-state index in [-0.39, 0.29) is 5.78 Å². The Morgan fingerprint density at radius 2 is 2.16 bits per heavy atom. The molecule has 19 heavy (non-hydrogen) atoms. The summed E-state index contributed by atoms with van der Waals surface area (Å²) in [6.07, 6.45) is 6.61. The Labute approximate surface area is 112 Å². The lowest BCUT2D eigenvalue weighted by atomic mass is 10.1. The van der Waals surface area contributed by atoms with Crippen molar-refractivity contribution in [3.63, 3.8) is 0 Å². The minimum Gasteiger partial charge on any atom is -0.366 e. The number of anilines is 1. The molecule has 0 amide bonds. The van der Waals surface area contributed by atoms with Crippen LogP contribution in [-0.4, -0.2) is 21.8 Å². The van der Waals surface area contributed by atoms with Crippen LogP contribution in [0, 0.1) is 0 Å². The number of rotatable bonds is 3. The van der Waals surface area contributed by atoms with E-state index < -0.39 is 0 Å². The molecule has 98 valence electrons. The number of nitrogens with one attached hydrogen (secondary N) is 1. The van der Waals surface area contributed by atoms with Gasteiger partial charge in [0, 0.05) is 24.5 Å². The zero-order valence-corrected chi connectivity index (χ0v) is 11.0. The monoisotopic (exact) mass is 255 g/mol. The summed E-state index contributed by atoms with van der Waals surface area (Å²) >= 11 is 0. The number of pyridine rings is 2. The Bertz CT molecular complexity index is 618. The van der Waals surface area contributed by atoms with E-state index in [0.717, 1.165) is 16.7 Å². The summed E-state index contributed by atoms with van der Waals surface area (Å²) in [7, 11) is 0. The summed E-state index contributed by atoms with van der Waals surface area (Å²) in [6, 6.07) is 6.12. The van der Waals surface area contributed by atoms with Crippen LogP contribution in [0.2, 0.25) is 0 Å². The van der Waals surface area contributed by atoms with Crippen molar-refractivity contribution in [3.05, 3.63) is 30.1 Å². The molecular formula is C15H17N3O. The number of ketones is 1. The second-order valence-corrected chi connectivity index (χ2v) is 5.11. The Balaban J connectivity index is 2.06. The zero-order valence-electron chi connectivity index (χ0n) is 11.0. The Morgan fingerprint density at radius 3 is 2.89 bits per heavy atom. The van der Waals surface area contributed by atoms with Crippen LogP contribution in [-0.2, 0) is 0 Å². The highest BCUT2D eigenvalue weighted by atomic mass is 16.1. The molecule has 0 unspecified atom stereocenters. The fourth-order valence-electron chi connectivity index (χ4n) is 2.63. The minimum atomic E-state index is -0.0137. The number of aromatic nitrogens is 2. The van der Waals surface area contributed by atoms with Gasteiger partial charge >= 0.3 is 0 Å². The van der Waals surface area contributed by atoms with Crippen molar-refractivity contribution < 1.29 is 4.79 Å². The summed E-state index contributed by atoms with van der Waals surface area (Å²) in [6.45, 7) is 1.55. The molecule has 0 bridgehead atoms. The van der Waals surface area contributed by atoms with E-state index in [9.17, 15) is 4.79 Å². The van der Waals surface area contributed by atoms with Crippen LogP contribution in [0.4, 0.5) is 5.82 Å². The van der Waals surface area contributed by atoms with Gasteiger partial charge in [0.15, 0.2) is 11.6 Å². The summed E-state index contributed by atoms with van der Waals surface area (Å²) in [5.74, 6) is 0.732. The lowest BCUT2D eigenvalue weighted by Gasteiger charge is -2.14. The van der Waals surface area contributed by atoms with E-state index in [0.29, 0.717) is 11.7 Å². The van der Waals surface area contributed by atoms with Gasteiger partial charge in [0.05, 0.1) is 0 Å². The van der Waals surface area contributed by atoms with Crippen molar-refractivity contribution in [1.29, 1.82) is 0 Å². The van der Waals surface area contributed by atoms with Gasteiger partial charge in [0.2, 0.25) is 0 Å². The summed E-state index contributed by atoms with van der Waals surface area (Å²) < 4.78 is 0.